The molecule has 1 heterocycles. The molecule has 1 aliphatic carbocycles. The molecule has 4 nitrogen and oxygen atoms in total. The van der Waals surface area contributed by atoms with Gasteiger partial charge in [-0.15, -0.1) is 0 Å². The number of methoxy groups -OCH3 is 1. The van der Waals surface area contributed by atoms with Gasteiger partial charge in [0.2, 0.25) is 0 Å². The Morgan fingerprint density at radius 1 is 1.17 bits per heavy atom. The molecule has 0 atom stereocenters. The van der Waals surface area contributed by atoms with Crippen molar-refractivity contribution in [2.75, 3.05) is 20.2 Å². The van der Waals surface area contributed by atoms with Crippen LogP contribution < -0.4 is 4.74 Å². The molecule has 0 aromatic heterocycles. The first-order chi connectivity index (χ1) is 14.4. The van der Waals surface area contributed by atoms with E-state index in [-0.39, 0.29) is 11.4 Å². The number of hydrogen-bond acceptors (Lipinski definition) is 3. The molecule has 1 saturated carbocycles. The molecule has 0 spiro atoms. The molecular weight excluding hydrogens is 412 g/mol. The van der Waals surface area contributed by atoms with Crippen molar-refractivity contribution in [3.63, 3.8) is 0 Å². The van der Waals surface area contributed by atoms with Crippen LogP contribution in [0.3, 0.4) is 0 Å². The SMILES string of the molecule is COc1cc(F)c(C(=O)O)cc1C1CC1.Fc1ccc(CN2CCCCC2)c(Cl)c1. The molecule has 2 aromatic carbocycles. The summed E-state index contributed by atoms with van der Waals surface area (Å²) in [6, 6.07) is 7.18. The van der Waals surface area contributed by atoms with Gasteiger partial charge < -0.3 is 9.84 Å². The largest absolute Gasteiger partial charge is 0.496 e. The first-order valence-corrected chi connectivity index (χ1v) is 10.5. The Labute approximate surface area is 180 Å². The van der Waals surface area contributed by atoms with E-state index in [0.29, 0.717) is 16.7 Å². The van der Waals surface area contributed by atoms with E-state index in [1.807, 2.05) is 0 Å². The molecule has 4 rings (SSSR count). The highest BCUT2D eigenvalue weighted by atomic mass is 35.5. The molecule has 162 valence electrons. The molecule has 7 heteroatoms. The maximum Gasteiger partial charge on any atom is 0.338 e. The molecule has 2 aliphatic rings. The maximum atomic E-state index is 13.3. The monoisotopic (exact) mass is 437 g/mol. The Kier molecular flexibility index (Phi) is 7.67. The fourth-order valence-corrected chi connectivity index (χ4v) is 3.86. The number of carboxylic acids is 1. The van der Waals surface area contributed by atoms with Crippen LogP contribution in [0.5, 0.6) is 5.75 Å². The third-order valence-corrected chi connectivity index (χ3v) is 5.78. The summed E-state index contributed by atoms with van der Waals surface area (Å²) in [5.41, 5.74) is 1.55. The highest BCUT2D eigenvalue weighted by Crippen LogP contribution is 2.45. The van der Waals surface area contributed by atoms with Crippen LogP contribution in [0.15, 0.2) is 30.3 Å². The second kappa shape index (κ2) is 10.2. The summed E-state index contributed by atoms with van der Waals surface area (Å²) >= 11 is 5.98. The quantitative estimate of drug-likeness (QED) is 0.635. The third kappa shape index (κ3) is 5.92. The van der Waals surface area contributed by atoms with Crippen molar-refractivity contribution < 1.29 is 23.4 Å². The molecule has 1 aliphatic heterocycles. The van der Waals surface area contributed by atoms with E-state index < -0.39 is 11.8 Å². The first-order valence-electron chi connectivity index (χ1n) is 10.2. The molecule has 0 bridgehead atoms. The lowest BCUT2D eigenvalue weighted by molar-refractivity contribution is 0.0691. The molecular formula is C23H26ClF2NO3. The Bertz CT molecular complexity index is 896. The zero-order valence-electron chi connectivity index (χ0n) is 17.0. The van der Waals surface area contributed by atoms with Crippen molar-refractivity contribution in [2.45, 2.75) is 44.6 Å². The summed E-state index contributed by atoms with van der Waals surface area (Å²) in [4.78, 5) is 13.1. The number of hydrogen-bond donors (Lipinski definition) is 1. The van der Waals surface area contributed by atoms with Crippen LogP contribution in [0.25, 0.3) is 0 Å². The third-order valence-electron chi connectivity index (χ3n) is 5.42. The summed E-state index contributed by atoms with van der Waals surface area (Å²) in [6.07, 6.45) is 5.88. The Hall–Kier alpha value is -2.18. The van der Waals surface area contributed by atoms with Crippen molar-refractivity contribution in [2.24, 2.45) is 0 Å². The van der Waals surface area contributed by atoms with Crippen molar-refractivity contribution in [3.05, 3.63) is 63.7 Å². The van der Waals surface area contributed by atoms with Gasteiger partial charge in [-0.1, -0.05) is 24.1 Å². The summed E-state index contributed by atoms with van der Waals surface area (Å²) in [7, 11) is 1.46. The van der Waals surface area contributed by atoms with Crippen LogP contribution in [0.4, 0.5) is 8.78 Å². The zero-order valence-corrected chi connectivity index (χ0v) is 17.7. The molecule has 1 saturated heterocycles. The lowest BCUT2D eigenvalue weighted by Crippen LogP contribution is -2.29. The molecule has 0 radical (unpaired) electrons. The second-order valence-electron chi connectivity index (χ2n) is 7.73. The number of carbonyl (C=O) groups is 1. The van der Waals surface area contributed by atoms with Gasteiger partial charge in [0.15, 0.2) is 0 Å². The fraction of sp³-hybridized carbons (Fsp3) is 0.435. The fourth-order valence-electron chi connectivity index (χ4n) is 3.63. The van der Waals surface area contributed by atoms with Crippen LogP contribution in [-0.4, -0.2) is 36.2 Å². The van der Waals surface area contributed by atoms with Gasteiger partial charge >= 0.3 is 5.97 Å². The molecule has 2 fully saturated rings. The Morgan fingerprint density at radius 2 is 1.87 bits per heavy atom. The van der Waals surface area contributed by atoms with Crippen molar-refractivity contribution >= 4 is 17.6 Å². The van der Waals surface area contributed by atoms with Gasteiger partial charge in [0.25, 0.3) is 0 Å². The number of carboxylic acid groups (broad SMARTS) is 1. The van der Waals surface area contributed by atoms with Gasteiger partial charge in [0, 0.05) is 17.6 Å². The van der Waals surface area contributed by atoms with E-state index in [0.717, 1.165) is 49.7 Å². The van der Waals surface area contributed by atoms with Crippen LogP contribution >= 0.6 is 11.6 Å². The second-order valence-corrected chi connectivity index (χ2v) is 8.13. The predicted octanol–water partition coefficient (Wildman–Crippen LogP) is 5.87. The van der Waals surface area contributed by atoms with Crippen molar-refractivity contribution in [1.29, 1.82) is 0 Å². The summed E-state index contributed by atoms with van der Waals surface area (Å²) < 4.78 is 31.1. The first kappa shape index (κ1) is 22.5. The number of aromatic carboxylic acids is 1. The Balaban J connectivity index is 0.000000171. The predicted molar refractivity (Wildman–Crippen MR) is 112 cm³/mol. The van der Waals surface area contributed by atoms with Gasteiger partial charge in [-0.25, -0.2) is 13.6 Å². The van der Waals surface area contributed by atoms with E-state index in [9.17, 15) is 13.6 Å². The number of rotatable bonds is 5. The number of likely N-dealkylation sites (tertiary alicyclic amines) is 1. The van der Waals surface area contributed by atoms with E-state index in [4.69, 9.17) is 21.4 Å². The highest BCUT2D eigenvalue weighted by Gasteiger charge is 2.29. The molecule has 1 N–H and O–H groups in total. The summed E-state index contributed by atoms with van der Waals surface area (Å²) in [6.45, 7) is 3.11. The summed E-state index contributed by atoms with van der Waals surface area (Å²) in [5.74, 6) is -1.47. The highest BCUT2D eigenvalue weighted by molar-refractivity contribution is 6.31. The van der Waals surface area contributed by atoms with Gasteiger partial charge in [-0.05, 0) is 74.0 Å². The molecule has 30 heavy (non-hydrogen) atoms. The Morgan fingerprint density at radius 3 is 2.43 bits per heavy atom. The summed E-state index contributed by atoms with van der Waals surface area (Å²) in [5, 5.41) is 9.32. The average Bonchev–Trinajstić information content (AvgIpc) is 3.56. The van der Waals surface area contributed by atoms with Crippen molar-refractivity contribution in [3.8, 4) is 5.75 Å². The minimum atomic E-state index is -1.24. The smallest absolute Gasteiger partial charge is 0.338 e. The lowest BCUT2D eigenvalue weighted by Gasteiger charge is -2.26. The normalized spacial score (nSPS) is 16.5. The van der Waals surface area contributed by atoms with Gasteiger partial charge in [-0.2, -0.15) is 0 Å². The van der Waals surface area contributed by atoms with E-state index >= 15 is 0 Å². The average molecular weight is 438 g/mol. The molecule has 0 unspecified atom stereocenters. The number of halogens is 3. The van der Waals surface area contributed by atoms with Crippen LogP contribution in [0.2, 0.25) is 5.02 Å². The van der Waals surface area contributed by atoms with Crippen molar-refractivity contribution in [1.82, 2.24) is 4.90 Å². The van der Waals surface area contributed by atoms with E-state index in [2.05, 4.69) is 4.90 Å². The van der Waals surface area contributed by atoms with Gasteiger partial charge in [-0.3, -0.25) is 4.90 Å². The lowest BCUT2D eigenvalue weighted by atomic mass is 10.1. The van der Waals surface area contributed by atoms with Gasteiger partial charge in [0.1, 0.15) is 17.4 Å². The number of piperidine rings is 1. The van der Waals surface area contributed by atoms with Crippen LogP contribution in [-0.2, 0) is 6.54 Å². The number of ether oxygens (including phenoxy) is 1. The molecule has 2 aromatic rings. The van der Waals surface area contributed by atoms with Gasteiger partial charge in [0.05, 0.1) is 12.7 Å². The minimum Gasteiger partial charge on any atom is -0.496 e. The van der Waals surface area contributed by atoms with Crippen LogP contribution in [0.1, 0.15) is 59.5 Å². The number of nitrogens with zero attached hydrogens (tertiary/aromatic N) is 1. The zero-order chi connectivity index (χ0) is 21.7. The number of benzene rings is 2. The topological polar surface area (TPSA) is 49.8 Å². The van der Waals surface area contributed by atoms with E-state index in [1.165, 1.54) is 44.6 Å². The van der Waals surface area contributed by atoms with E-state index in [1.54, 1.807) is 6.07 Å². The van der Waals surface area contributed by atoms with Crippen LogP contribution in [0, 0.1) is 11.6 Å². The maximum absolute atomic E-state index is 13.3. The minimum absolute atomic E-state index is 0.262. The standard InChI is InChI=1S/C12H15ClFN.C11H11FO3/c13-12-8-11(14)5-4-10(12)9-15-6-2-1-3-7-15;1-15-10-5-9(12)8(11(13)14)4-7(10)6-2-3-6/h4-5,8H,1-3,6-7,9H2;4-6H,2-3H2,1H3,(H,13,14). The molecule has 0 amide bonds.